The van der Waals surface area contributed by atoms with Crippen LogP contribution in [-0.2, 0) is 20.9 Å². The molecule has 146 valence electrons. The molecule has 4 aliphatic carbocycles. The predicted octanol–water partition coefficient (Wildman–Crippen LogP) is 3.89. The summed E-state index contributed by atoms with van der Waals surface area (Å²) in [5.74, 6) is 0.374. The van der Waals surface area contributed by atoms with Gasteiger partial charge in [0.2, 0.25) is 0 Å². The fourth-order valence-corrected chi connectivity index (χ4v) is 6.33. The van der Waals surface area contributed by atoms with Gasteiger partial charge < -0.3 is 14.6 Å². The van der Waals surface area contributed by atoms with Crippen molar-refractivity contribution in [1.82, 2.24) is 0 Å². The van der Waals surface area contributed by atoms with Gasteiger partial charge in [-0.3, -0.25) is 4.79 Å². The third kappa shape index (κ3) is 3.72. The highest BCUT2D eigenvalue weighted by atomic mass is 35.5. The third-order valence-electron chi connectivity index (χ3n) is 6.51. The number of rotatable bonds is 5. The van der Waals surface area contributed by atoms with Crippen molar-refractivity contribution in [3.63, 3.8) is 0 Å². The van der Waals surface area contributed by atoms with E-state index in [9.17, 15) is 14.7 Å². The number of halogens is 1. The van der Waals surface area contributed by atoms with E-state index >= 15 is 0 Å². The molecule has 4 aliphatic rings. The van der Waals surface area contributed by atoms with E-state index < -0.39 is 11.6 Å². The van der Waals surface area contributed by atoms with Gasteiger partial charge in [0.05, 0.1) is 29.7 Å². The molecule has 0 saturated heterocycles. The molecule has 0 heterocycles. The minimum absolute atomic E-state index is 0.0949. The lowest BCUT2D eigenvalue weighted by atomic mass is 9.47. The molecule has 0 radical (unpaired) electrons. The zero-order chi connectivity index (χ0) is 19.2. The Morgan fingerprint density at radius 1 is 1.22 bits per heavy atom. The van der Waals surface area contributed by atoms with Crippen LogP contribution >= 0.6 is 11.6 Å². The quantitative estimate of drug-likeness (QED) is 0.769. The van der Waals surface area contributed by atoms with Crippen LogP contribution in [0.5, 0.6) is 0 Å². The number of carbonyl (C=O) groups excluding carboxylic acids is 2. The largest absolute Gasteiger partial charge is 0.465 e. The van der Waals surface area contributed by atoms with E-state index in [1.807, 2.05) is 0 Å². The normalized spacial score (nSPS) is 33.7. The highest BCUT2D eigenvalue weighted by Gasteiger charge is 2.57. The molecule has 2 unspecified atom stereocenters. The number of hydrogen-bond acceptors (Lipinski definition) is 5. The van der Waals surface area contributed by atoms with Crippen LogP contribution < -0.4 is 0 Å². The van der Waals surface area contributed by atoms with E-state index in [0.717, 1.165) is 37.7 Å². The molecular formula is C21H25ClO5. The topological polar surface area (TPSA) is 72.8 Å². The SMILES string of the molecule is COC(=O)c1ccc(COC(=O)CC23CC4CC(CC(O)(C4)C2)C3)cc1Cl. The van der Waals surface area contributed by atoms with Crippen molar-refractivity contribution in [2.45, 2.75) is 57.2 Å². The summed E-state index contributed by atoms with van der Waals surface area (Å²) in [6, 6.07) is 4.90. The second-order valence-electron chi connectivity index (χ2n) is 8.83. The van der Waals surface area contributed by atoms with Crippen LogP contribution in [-0.4, -0.2) is 29.8 Å². The monoisotopic (exact) mass is 392 g/mol. The summed E-state index contributed by atoms with van der Waals surface area (Å²) in [5.41, 5.74) is 0.352. The Morgan fingerprint density at radius 3 is 2.52 bits per heavy atom. The van der Waals surface area contributed by atoms with Gasteiger partial charge in [0, 0.05) is 0 Å². The Morgan fingerprint density at radius 2 is 1.93 bits per heavy atom. The highest BCUT2D eigenvalue weighted by Crippen LogP contribution is 2.62. The maximum absolute atomic E-state index is 12.5. The first-order valence-corrected chi connectivity index (χ1v) is 9.92. The van der Waals surface area contributed by atoms with E-state index in [-0.39, 0.29) is 28.6 Å². The Bertz CT molecular complexity index is 760. The van der Waals surface area contributed by atoms with Gasteiger partial charge in [-0.2, -0.15) is 0 Å². The van der Waals surface area contributed by atoms with Crippen molar-refractivity contribution in [3.05, 3.63) is 34.3 Å². The third-order valence-corrected chi connectivity index (χ3v) is 6.82. The summed E-state index contributed by atoms with van der Waals surface area (Å²) in [7, 11) is 1.30. The van der Waals surface area contributed by atoms with Crippen molar-refractivity contribution >= 4 is 23.5 Å². The molecule has 1 aromatic rings. The standard InChI is InChI=1S/C21H25ClO5/c1-26-19(24)16-3-2-13(5-17(16)22)11-27-18(23)10-20-6-14-4-15(7-20)9-21(25,8-14)12-20/h2-3,5,14-15,25H,4,6-12H2,1H3. The van der Waals surface area contributed by atoms with Crippen molar-refractivity contribution in [2.24, 2.45) is 17.3 Å². The van der Waals surface area contributed by atoms with Crippen LogP contribution in [0, 0.1) is 17.3 Å². The summed E-state index contributed by atoms with van der Waals surface area (Å²) in [6.07, 6.45) is 6.14. The Balaban J connectivity index is 1.37. The predicted molar refractivity (Wildman–Crippen MR) is 99.3 cm³/mol. The number of hydrogen-bond donors (Lipinski definition) is 1. The van der Waals surface area contributed by atoms with Crippen molar-refractivity contribution in [2.75, 3.05) is 7.11 Å². The first-order valence-electron chi connectivity index (χ1n) is 9.55. The lowest BCUT2D eigenvalue weighted by Crippen LogP contribution is -2.56. The van der Waals surface area contributed by atoms with Gasteiger partial charge in [-0.15, -0.1) is 0 Å². The van der Waals surface area contributed by atoms with Crippen LogP contribution in [0.15, 0.2) is 18.2 Å². The lowest BCUT2D eigenvalue weighted by molar-refractivity contribution is -0.177. The highest BCUT2D eigenvalue weighted by molar-refractivity contribution is 6.33. The number of carbonyl (C=O) groups is 2. The van der Waals surface area contributed by atoms with Gasteiger partial charge in [0.15, 0.2) is 0 Å². The van der Waals surface area contributed by atoms with Gasteiger partial charge in [-0.25, -0.2) is 4.79 Å². The molecule has 0 spiro atoms. The molecule has 27 heavy (non-hydrogen) atoms. The molecule has 5 nitrogen and oxygen atoms in total. The smallest absolute Gasteiger partial charge is 0.339 e. The molecule has 0 aromatic heterocycles. The van der Waals surface area contributed by atoms with Gasteiger partial charge in [-0.05, 0) is 73.5 Å². The first-order chi connectivity index (χ1) is 12.8. The molecule has 4 saturated carbocycles. The second kappa shape index (κ2) is 6.78. The molecule has 0 aliphatic heterocycles. The van der Waals surface area contributed by atoms with Crippen LogP contribution in [0.4, 0.5) is 0 Å². The minimum atomic E-state index is -0.568. The maximum atomic E-state index is 12.5. The second-order valence-corrected chi connectivity index (χ2v) is 9.24. The zero-order valence-corrected chi connectivity index (χ0v) is 16.3. The molecule has 4 bridgehead atoms. The van der Waals surface area contributed by atoms with E-state index in [0.29, 0.717) is 18.3 Å². The van der Waals surface area contributed by atoms with E-state index in [1.165, 1.54) is 13.5 Å². The van der Waals surface area contributed by atoms with Crippen LogP contribution in [0.3, 0.4) is 0 Å². The molecule has 5 rings (SSSR count). The van der Waals surface area contributed by atoms with Crippen molar-refractivity contribution in [1.29, 1.82) is 0 Å². The summed E-state index contributed by atoms with van der Waals surface area (Å²) in [4.78, 5) is 24.1. The number of methoxy groups -OCH3 is 1. The molecule has 6 heteroatoms. The lowest BCUT2D eigenvalue weighted by Gasteiger charge is -2.60. The molecular weight excluding hydrogens is 368 g/mol. The molecule has 1 aromatic carbocycles. The van der Waals surface area contributed by atoms with Gasteiger partial charge in [0.1, 0.15) is 6.61 Å². The number of benzene rings is 1. The van der Waals surface area contributed by atoms with Gasteiger partial charge in [-0.1, -0.05) is 17.7 Å². The fourth-order valence-electron chi connectivity index (χ4n) is 6.05. The van der Waals surface area contributed by atoms with Crippen molar-refractivity contribution < 1.29 is 24.2 Å². The van der Waals surface area contributed by atoms with Crippen molar-refractivity contribution in [3.8, 4) is 0 Å². The average Bonchev–Trinajstić information content (AvgIpc) is 2.56. The number of aliphatic hydroxyl groups is 1. The Hall–Kier alpha value is -1.59. The summed E-state index contributed by atoms with van der Waals surface area (Å²) in [6.45, 7) is 0.118. The average molecular weight is 393 g/mol. The summed E-state index contributed by atoms with van der Waals surface area (Å²) >= 11 is 6.11. The van der Waals surface area contributed by atoms with Crippen LogP contribution in [0.1, 0.15) is 60.9 Å². The van der Waals surface area contributed by atoms with Gasteiger partial charge in [0.25, 0.3) is 0 Å². The molecule has 2 atom stereocenters. The van der Waals surface area contributed by atoms with E-state index in [1.54, 1.807) is 18.2 Å². The molecule has 4 fully saturated rings. The van der Waals surface area contributed by atoms with Crippen LogP contribution in [0.2, 0.25) is 5.02 Å². The van der Waals surface area contributed by atoms with E-state index in [2.05, 4.69) is 4.74 Å². The molecule has 0 amide bonds. The summed E-state index contributed by atoms with van der Waals surface area (Å²) < 4.78 is 10.2. The summed E-state index contributed by atoms with van der Waals surface area (Å²) in [5, 5.41) is 11.1. The first kappa shape index (κ1) is 18.8. The number of esters is 2. The maximum Gasteiger partial charge on any atom is 0.339 e. The fraction of sp³-hybridized carbons (Fsp3) is 0.619. The Kier molecular flexibility index (Phi) is 4.71. The van der Waals surface area contributed by atoms with Crippen LogP contribution in [0.25, 0.3) is 0 Å². The molecule has 1 N–H and O–H groups in total. The minimum Gasteiger partial charge on any atom is -0.465 e. The Labute approximate surface area is 164 Å². The van der Waals surface area contributed by atoms with Gasteiger partial charge >= 0.3 is 11.9 Å². The number of ether oxygens (including phenoxy) is 2. The van der Waals surface area contributed by atoms with E-state index in [4.69, 9.17) is 16.3 Å². The zero-order valence-electron chi connectivity index (χ0n) is 15.5.